The molecule has 2 aliphatic rings. The summed E-state index contributed by atoms with van der Waals surface area (Å²) in [5.74, 6) is 0.517. The maximum Gasteiger partial charge on any atom is 0.282 e. The zero-order chi connectivity index (χ0) is 23.7. The van der Waals surface area contributed by atoms with E-state index >= 15 is 0 Å². The second-order valence-electron chi connectivity index (χ2n) is 8.31. The van der Waals surface area contributed by atoms with Gasteiger partial charge in [-0.25, -0.2) is 9.31 Å². The lowest BCUT2D eigenvalue weighted by molar-refractivity contribution is 0.749. The number of nitrogens with two attached hydrogens (primary N) is 1. The summed E-state index contributed by atoms with van der Waals surface area (Å²) in [5, 5.41) is 11.3. The number of imidazole rings is 1. The Morgan fingerprint density at radius 2 is 1.97 bits per heavy atom. The molecule has 0 amide bonds. The molecule has 0 fully saturated rings. The van der Waals surface area contributed by atoms with Gasteiger partial charge in [-0.15, -0.1) is 0 Å². The Balaban J connectivity index is 1.62. The first-order valence-corrected chi connectivity index (χ1v) is 12.1. The van der Waals surface area contributed by atoms with Crippen molar-refractivity contribution in [2.75, 3.05) is 6.54 Å². The van der Waals surface area contributed by atoms with E-state index in [2.05, 4.69) is 21.4 Å². The van der Waals surface area contributed by atoms with E-state index in [1.165, 1.54) is 0 Å². The minimum atomic E-state index is -0.112. The van der Waals surface area contributed by atoms with Gasteiger partial charge in [0.1, 0.15) is 5.69 Å². The molecule has 0 saturated carbocycles. The van der Waals surface area contributed by atoms with E-state index in [0.29, 0.717) is 24.5 Å². The Kier molecular flexibility index (Phi) is 5.90. The van der Waals surface area contributed by atoms with Crippen LogP contribution >= 0.6 is 8.35 Å². The van der Waals surface area contributed by atoms with Crippen molar-refractivity contribution >= 4 is 25.2 Å². The summed E-state index contributed by atoms with van der Waals surface area (Å²) in [5.41, 5.74) is 10.9. The maximum atomic E-state index is 13.5. The van der Waals surface area contributed by atoms with Crippen molar-refractivity contribution in [1.29, 1.82) is 5.41 Å². The minimum absolute atomic E-state index is 0.0477. The number of aromatic amines is 2. The van der Waals surface area contributed by atoms with E-state index in [-0.39, 0.29) is 17.4 Å². The Labute approximate surface area is 198 Å². The van der Waals surface area contributed by atoms with Crippen molar-refractivity contribution in [3.63, 3.8) is 0 Å². The first-order chi connectivity index (χ1) is 16.5. The van der Waals surface area contributed by atoms with Crippen LogP contribution in [0.4, 0.5) is 0 Å². The topological polar surface area (TPSA) is 128 Å². The lowest BCUT2D eigenvalue weighted by Crippen LogP contribution is -2.31. The molecule has 2 aliphatic heterocycles. The van der Waals surface area contributed by atoms with Gasteiger partial charge in [-0.3, -0.25) is 10.2 Å². The van der Waals surface area contributed by atoms with E-state index in [1.54, 1.807) is 4.33 Å². The van der Waals surface area contributed by atoms with Crippen LogP contribution in [0.15, 0.2) is 65.6 Å². The number of nitrogens with one attached hydrogen (secondary N) is 4. The fourth-order valence-electron chi connectivity index (χ4n) is 4.26. The summed E-state index contributed by atoms with van der Waals surface area (Å²) in [6.07, 6.45) is 3.39. The third-order valence-corrected chi connectivity index (χ3v) is 7.17. The molecule has 5 rings (SSSR count). The van der Waals surface area contributed by atoms with E-state index in [1.807, 2.05) is 61.7 Å². The van der Waals surface area contributed by atoms with Crippen LogP contribution in [0, 0.1) is 5.41 Å². The number of hydrogen-bond acceptors (Lipinski definition) is 3. The highest BCUT2D eigenvalue weighted by molar-refractivity contribution is 7.30. The molecule has 0 saturated heterocycles. The molecule has 3 aromatic rings. The molecule has 8 nitrogen and oxygen atoms in total. The van der Waals surface area contributed by atoms with E-state index < -0.39 is 0 Å². The fraction of sp³-hybridized carbons (Fsp3) is 0.200. The SMILES string of the molecule is CC(c1ccccc1)c1nc2c(CCCNC(=N)N)[nH]c(-c3c[nH]c4ccccc34)pn-2c1=O. The number of benzene rings is 2. The molecule has 1 aromatic heterocycles. The molecule has 1 unspecified atom stereocenters. The van der Waals surface area contributed by atoms with Crippen LogP contribution in [0.1, 0.15) is 36.2 Å². The van der Waals surface area contributed by atoms with Gasteiger partial charge in [-0.1, -0.05) is 55.5 Å². The third-order valence-electron chi connectivity index (χ3n) is 6.05. The monoisotopic (exact) mass is 471 g/mol. The molecule has 6 N–H and O–H groups in total. The highest BCUT2D eigenvalue weighted by Crippen LogP contribution is 2.35. The smallest absolute Gasteiger partial charge is 0.282 e. The fourth-order valence-corrected chi connectivity index (χ4v) is 5.39. The van der Waals surface area contributed by atoms with Gasteiger partial charge in [-0.05, 0) is 24.5 Å². The molecule has 34 heavy (non-hydrogen) atoms. The molecular formula is C25H26N7OP. The molecule has 9 heteroatoms. The first kappa shape index (κ1) is 21.9. The Morgan fingerprint density at radius 1 is 1.21 bits per heavy atom. The molecule has 0 spiro atoms. The zero-order valence-electron chi connectivity index (χ0n) is 18.8. The van der Waals surface area contributed by atoms with Crippen LogP contribution in [0.25, 0.3) is 27.7 Å². The summed E-state index contributed by atoms with van der Waals surface area (Å²) >= 11 is 0. The normalized spacial score (nSPS) is 12.5. The van der Waals surface area contributed by atoms with Crippen molar-refractivity contribution in [1.82, 2.24) is 24.6 Å². The van der Waals surface area contributed by atoms with Crippen molar-refractivity contribution < 1.29 is 0 Å². The summed E-state index contributed by atoms with van der Waals surface area (Å²) in [6, 6.07) is 18.1. The minimum Gasteiger partial charge on any atom is -0.370 e. The second kappa shape index (κ2) is 9.15. The standard InChI is InChI=1S/C25H26N7OP/c1-15(16-8-3-2-4-9-16)21-24(33)32-22(31-21)20(12-7-13-28-25(26)27)30-23(34-32)18-14-29-19-11-6-5-10-17(18)19/h2-6,8-11,14-15,29-30H,7,12-13H2,1H3,(H4,26,27,28). The average Bonchev–Trinajstić information content (AvgIpc) is 3.43. The first-order valence-electron chi connectivity index (χ1n) is 11.2. The zero-order valence-corrected chi connectivity index (χ0v) is 19.7. The van der Waals surface area contributed by atoms with Crippen molar-refractivity contribution in [3.8, 4) is 16.8 Å². The van der Waals surface area contributed by atoms with Crippen LogP contribution in [-0.2, 0) is 6.42 Å². The number of aromatic nitrogens is 4. The molecule has 0 aliphatic carbocycles. The number of para-hydroxylation sites is 1. The number of nitrogens with zero attached hydrogens (tertiary/aromatic N) is 2. The van der Waals surface area contributed by atoms with Crippen LogP contribution in [0.2, 0.25) is 0 Å². The second-order valence-corrected chi connectivity index (χ2v) is 9.36. The summed E-state index contributed by atoms with van der Waals surface area (Å²) in [7, 11) is 0.745. The van der Waals surface area contributed by atoms with Crippen molar-refractivity contribution in [3.05, 3.63) is 88.1 Å². The Morgan fingerprint density at radius 3 is 2.76 bits per heavy atom. The van der Waals surface area contributed by atoms with Crippen LogP contribution in [-0.4, -0.2) is 31.8 Å². The molecule has 1 atom stereocenters. The number of rotatable bonds is 7. The average molecular weight is 472 g/mol. The lowest BCUT2D eigenvalue weighted by Gasteiger charge is -2.12. The molecule has 0 radical (unpaired) electrons. The van der Waals surface area contributed by atoms with Gasteiger partial charge in [0, 0.05) is 35.1 Å². The molecule has 2 aromatic carbocycles. The van der Waals surface area contributed by atoms with Crippen LogP contribution in [0.3, 0.4) is 0 Å². The summed E-state index contributed by atoms with van der Waals surface area (Å²) in [4.78, 5) is 25.3. The van der Waals surface area contributed by atoms with E-state index in [9.17, 15) is 4.79 Å². The van der Waals surface area contributed by atoms with Gasteiger partial charge in [0.25, 0.3) is 5.56 Å². The molecular weight excluding hydrogens is 445 g/mol. The van der Waals surface area contributed by atoms with Gasteiger partial charge < -0.3 is 21.0 Å². The number of fused-ring (bicyclic) bond motifs is 2. The molecule has 0 bridgehead atoms. The van der Waals surface area contributed by atoms with E-state index in [4.69, 9.17) is 16.1 Å². The van der Waals surface area contributed by atoms with Crippen molar-refractivity contribution in [2.24, 2.45) is 5.73 Å². The van der Waals surface area contributed by atoms with Crippen molar-refractivity contribution in [2.45, 2.75) is 25.7 Å². The lowest BCUT2D eigenvalue weighted by atomic mass is 9.98. The predicted molar refractivity (Wildman–Crippen MR) is 137 cm³/mol. The largest absolute Gasteiger partial charge is 0.370 e. The van der Waals surface area contributed by atoms with Gasteiger partial charge in [0.15, 0.2) is 11.8 Å². The van der Waals surface area contributed by atoms with Gasteiger partial charge >= 0.3 is 0 Å². The number of aryl methyl sites for hydroxylation is 1. The highest BCUT2D eigenvalue weighted by atomic mass is 31.0. The van der Waals surface area contributed by atoms with Gasteiger partial charge in [0.05, 0.1) is 19.5 Å². The molecule has 172 valence electrons. The van der Waals surface area contributed by atoms with E-state index in [0.717, 1.165) is 47.9 Å². The highest BCUT2D eigenvalue weighted by Gasteiger charge is 2.25. The number of hydrogen-bond donors (Lipinski definition) is 5. The molecule has 3 heterocycles. The Hall–Kier alpha value is -3.90. The predicted octanol–water partition coefficient (Wildman–Crippen LogP) is 4.29. The van der Waals surface area contributed by atoms with Crippen LogP contribution in [0.5, 0.6) is 0 Å². The summed E-state index contributed by atoms with van der Waals surface area (Å²) in [6.45, 7) is 2.59. The summed E-state index contributed by atoms with van der Waals surface area (Å²) < 4.78 is 1.76. The maximum absolute atomic E-state index is 13.5. The number of H-pyrrole nitrogens is 2. The van der Waals surface area contributed by atoms with Gasteiger partial charge in [-0.2, -0.15) is 0 Å². The van der Waals surface area contributed by atoms with Crippen LogP contribution < -0.4 is 16.6 Å². The number of guanidine groups is 1. The Bertz CT molecular complexity index is 1480. The third kappa shape index (κ3) is 4.08. The quantitative estimate of drug-likeness (QED) is 0.138. The van der Waals surface area contributed by atoms with Gasteiger partial charge in [0.2, 0.25) is 0 Å².